The normalized spacial score (nSPS) is 44.9. The lowest BCUT2D eigenvalue weighted by atomic mass is 10.1. The van der Waals surface area contributed by atoms with E-state index in [1.165, 1.54) is 0 Å². The summed E-state index contributed by atoms with van der Waals surface area (Å²) in [5.41, 5.74) is 0. The summed E-state index contributed by atoms with van der Waals surface area (Å²) in [6, 6.07) is 0. The van der Waals surface area contributed by atoms with E-state index in [0.29, 0.717) is 31.5 Å². The van der Waals surface area contributed by atoms with Crippen LogP contribution in [0.1, 0.15) is 12.8 Å². The molecule has 2 aliphatic carbocycles. The van der Waals surface area contributed by atoms with Crippen LogP contribution in [-0.2, 0) is 14.3 Å². The van der Waals surface area contributed by atoms with E-state index >= 15 is 0 Å². The Labute approximate surface area is 64.7 Å². The van der Waals surface area contributed by atoms with Gasteiger partial charge < -0.3 is 9.47 Å². The van der Waals surface area contributed by atoms with E-state index in [0.717, 1.165) is 6.42 Å². The molecule has 0 bridgehead atoms. The Balaban J connectivity index is 1.98. The van der Waals surface area contributed by atoms with Crippen LogP contribution in [0.25, 0.3) is 0 Å². The second-order valence-electron chi connectivity index (χ2n) is 3.59. The van der Waals surface area contributed by atoms with Gasteiger partial charge in [0.05, 0.1) is 13.2 Å². The van der Waals surface area contributed by atoms with Crippen molar-refractivity contribution in [2.24, 2.45) is 11.8 Å². The molecule has 2 atom stereocenters. The maximum Gasteiger partial charge on any atom is 0.232 e. The molecule has 0 aromatic rings. The van der Waals surface area contributed by atoms with Gasteiger partial charge >= 0.3 is 0 Å². The molecule has 11 heavy (non-hydrogen) atoms. The molecule has 0 unspecified atom stereocenters. The molecule has 0 N–H and O–H groups in total. The highest BCUT2D eigenvalue weighted by Crippen LogP contribution is 2.58. The Bertz CT molecular complexity index is 217. The lowest BCUT2D eigenvalue weighted by Gasteiger charge is -2.21. The van der Waals surface area contributed by atoms with E-state index in [-0.39, 0.29) is 5.78 Å². The first-order chi connectivity index (χ1) is 5.33. The Morgan fingerprint density at radius 1 is 1.36 bits per heavy atom. The highest BCUT2D eigenvalue weighted by atomic mass is 16.7. The van der Waals surface area contributed by atoms with Crippen LogP contribution in [0.4, 0.5) is 0 Å². The molecule has 60 valence electrons. The third kappa shape index (κ3) is 0.590. The van der Waals surface area contributed by atoms with Gasteiger partial charge in [0.1, 0.15) is 0 Å². The van der Waals surface area contributed by atoms with Crippen LogP contribution in [0.15, 0.2) is 0 Å². The minimum atomic E-state index is -0.759. The molecule has 3 nitrogen and oxygen atoms in total. The van der Waals surface area contributed by atoms with Crippen LogP contribution in [-0.4, -0.2) is 24.8 Å². The molecule has 2 saturated carbocycles. The number of fused-ring (bicyclic) bond motifs is 2. The predicted octanol–water partition coefficient (Wildman–Crippen LogP) is 0.338. The molecule has 0 aromatic carbocycles. The minimum Gasteiger partial charge on any atom is -0.341 e. The number of carbonyl (C=O) groups is 1. The molecule has 3 rings (SSSR count). The van der Waals surface area contributed by atoms with Gasteiger partial charge in [0.25, 0.3) is 0 Å². The van der Waals surface area contributed by atoms with Crippen LogP contribution < -0.4 is 0 Å². The average molecular weight is 154 g/mol. The Morgan fingerprint density at radius 3 is 2.64 bits per heavy atom. The predicted molar refractivity (Wildman–Crippen MR) is 35.9 cm³/mol. The standard InChI is InChI=1S/C8H10O3/c9-7-4-5-3-6(5)8(7)10-1-2-11-8/h5-6H,1-4H2/t5-,6-/m1/s1. The Hall–Kier alpha value is -0.410. The molecule has 0 aromatic heterocycles. The second kappa shape index (κ2) is 1.67. The summed E-state index contributed by atoms with van der Waals surface area (Å²) in [5.74, 6) is 0.402. The SMILES string of the molecule is O=C1C[C@H]2C[C@H]2C12OCCO2. The van der Waals surface area contributed by atoms with Crippen molar-refractivity contribution in [2.45, 2.75) is 18.6 Å². The minimum absolute atomic E-state index is 0.177. The van der Waals surface area contributed by atoms with Gasteiger partial charge in [-0.3, -0.25) is 4.79 Å². The third-order valence-electron chi connectivity index (χ3n) is 2.96. The van der Waals surface area contributed by atoms with Crippen molar-refractivity contribution in [1.82, 2.24) is 0 Å². The smallest absolute Gasteiger partial charge is 0.232 e. The fraction of sp³-hybridized carbons (Fsp3) is 0.875. The zero-order valence-corrected chi connectivity index (χ0v) is 6.21. The quantitative estimate of drug-likeness (QED) is 0.504. The molecule has 3 fully saturated rings. The van der Waals surface area contributed by atoms with E-state index < -0.39 is 5.79 Å². The van der Waals surface area contributed by atoms with E-state index in [2.05, 4.69) is 0 Å². The van der Waals surface area contributed by atoms with E-state index in [1.807, 2.05) is 0 Å². The molecular formula is C8H10O3. The number of ether oxygens (including phenoxy) is 2. The first-order valence-corrected chi connectivity index (χ1v) is 4.14. The van der Waals surface area contributed by atoms with Gasteiger partial charge in [0.15, 0.2) is 5.78 Å². The van der Waals surface area contributed by atoms with E-state index in [9.17, 15) is 4.79 Å². The van der Waals surface area contributed by atoms with Crippen molar-refractivity contribution in [3.8, 4) is 0 Å². The van der Waals surface area contributed by atoms with Crippen molar-refractivity contribution in [3.63, 3.8) is 0 Å². The molecule has 0 amide bonds. The zero-order valence-electron chi connectivity index (χ0n) is 6.21. The fourth-order valence-electron chi connectivity index (χ4n) is 2.33. The number of hydrogen-bond donors (Lipinski definition) is 0. The molecular weight excluding hydrogens is 144 g/mol. The van der Waals surface area contributed by atoms with Crippen molar-refractivity contribution < 1.29 is 14.3 Å². The van der Waals surface area contributed by atoms with Gasteiger partial charge in [-0.15, -0.1) is 0 Å². The summed E-state index contributed by atoms with van der Waals surface area (Å²) in [6.45, 7) is 1.18. The lowest BCUT2D eigenvalue weighted by molar-refractivity contribution is -0.181. The van der Waals surface area contributed by atoms with Gasteiger partial charge in [0.2, 0.25) is 5.79 Å². The van der Waals surface area contributed by atoms with Crippen LogP contribution in [0.3, 0.4) is 0 Å². The van der Waals surface area contributed by atoms with Gasteiger partial charge in [-0.25, -0.2) is 0 Å². The number of carbonyl (C=O) groups excluding carboxylic acids is 1. The summed E-state index contributed by atoms with van der Waals surface area (Å²) >= 11 is 0. The summed E-state index contributed by atoms with van der Waals surface area (Å²) < 4.78 is 10.8. The van der Waals surface area contributed by atoms with Crippen molar-refractivity contribution in [2.75, 3.05) is 13.2 Å². The average Bonchev–Trinajstić information content (AvgIpc) is 2.55. The Kier molecular flexibility index (Phi) is 0.932. The number of ketones is 1. The van der Waals surface area contributed by atoms with Crippen LogP contribution >= 0.6 is 0 Å². The second-order valence-corrected chi connectivity index (χ2v) is 3.59. The van der Waals surface area contributed by atoms with E-state index in [1.54, 1.807) is 0 Å². The molecule has 1 saturated heterocycles. The maximum absolute atomic E-state index is 11.4. The number of hydrogen-bond acceptors (Lipinski definition) is 3. The summed E-state index contributed by atoms with van der Waals surface area (Å²) in [5, 5.41) is 0. The molecule has 3 aliphatic rings. The third-order valence-corrected chi connectivity index (χ3v) is 2.96. The molecule has 1 heterocycles. The molecule has 3 heteroatoms. The fourth-order valence-corrected chi connectivity index (χ4v) is 2.33. The van der Waals surface area contributed by atoms with Gasteiger partial charge in [-0.05, 0) is 12.3 Å². The van der Waals surface area contributed by atoms with Crippen LogP contribution in [0.2, 0.25) is 0 Å². The first kappa shape index (κ1) is 6.14. The van der Waals surface area contributed by atoms with Gasteiger partial charge in [0, 0.05) is 12.3 Å². The number of Topliss-reactive ketones (excluding diaryl/α,β-unsaturated/α-hetero) is 1. The highest BCUT2D eigenvalue weighted by Gasteiger charge is 2.67. The first-order valence-electron chi connectivity index (χ1n) is 4.14. The zero-order chi connectivity index (χ0) is 7.47. The maximum atomic E-state index is 11.4. The Morgan fingerprint density at radius 2 is 2.09 bits per heavy atom. The molecule has 1 aliphatic heterocycles. The summed E-state index contributed by atoms with van der Waals surface area (Å²) in [7, 11) is 0. The van der Waals surface area contributed by atoms with Gasteiger partial charge in [-0.1, -0.05) is 0 Å². The molecule has 0 radical (unpaired) electrons. The monoisotopic (exact) mass is 154 g/mol. The van der Waals surface area contributed by atoms with Crippen molar-refractivity contribution in [3.05, 3.63) is 0 Å². The summed E-state index contributed by atoms with van der Waals surface area (Å²) in [4.78, 5) is 11.4. The van der Waals surface area contributed by atoms with E-state index in [4.69, 9.17) is 9.47 Å². The lowest BCUT2D eigenvalue weighted by Crippen LogP contribution is -2.38. The van der Waals surface area contributed by atoms with Crippen molar-refractivity contribution >= 4 is 5.78 Å². The van der Waals surface area contributed by atoms with Crippen LogP contribution in [0, 0.1) is 11.8 Å². The van der Waals surface area contributed by atoms with Crippen molar-refractivity contribution in [1.29, 1.82) is 0 Å². The largest absolute Gasteiger partial charge is 0.341 e. The molecule has 1 spiro atoms. The van der Waals surface area contributed by atoms with Gasteiger partial charge in [-0.2, -0.15) is 0 Å². The summed E-state index contributed by atoms with van der Waals surface area (Å²) in [6.07, 6.45) is 1.82. The number of rotatable bonds is 0. The highest BCUT2D eigenvalue weighted by molar-refractivity contribution is 5.90. The van der Waals surface area contributed by atoms with Crippen LogP contribution in [0.5, 0.6) is 0 Å². The topological polar surface area (TPSA) is 35.5 Å².